The number of benzene rings is 3. The van der Waals surface area contributed by atoms with Crippen molar-refractivity contribution >= 4 is 11.9 Å². The molecule has 0 radical (unpaired) electrons. The van der Waals surface area contributed by atoms with Crippen LogP contribution < -0.4 is 18.9 Å². The summed E-state index contributed by atoms with van der Waals surface area (Å²) in [4.78, 5) is 15.4. The number of rotatable bonds is 3. The summed E-state index contributed by atoms with van der Waals surface area (Å²) >= 11 is 0. The fraction of sp³-hybridized carbons (Fsp3) is 0.222. The molecule has 0 N–H and O–H groups in total. The Morgan fingerprint density at radius 1 is 0.939 bits per heavy atom. The van der Waals surface area contributed by atoms with Crippen LogP contribution in [0.1, 0.15) is 38.2 Å². The first-order valence-corrected chi connectivity index (χ1v) is 11.0. The first kappa shape index (κ1) is 19.9. The number of ketones is 1. The molecule has 0 atom stereocenters. The van der Waals surface area contributed by atoms with Crippen LogP contribution in [0.2, 0.25) is 0 Å². The highest BCUT2D eigenvalue weighted by atomic mass is 16.7. The first-order valence-electron chi connectivity index (χ1n) is 11.0. The van der Waals surface area contributed by atoms with Crippen molar-refractivity contribution in [2.24, 2.45) is 0 Å². The molecule has 0 aliphatic carbocycles. The Balaban J connectivity index is 1.30. The number of carbonyl (C=O) groups excluding carboxylic acids is 1. The van der Waals surface area contributed by atoms with Gasteiger partial charge in [0, 0.05) is 13.1 Å². The SMILES string of the molecule is Cc1ccccc1/C=C1\Oc2c3c(cc(C)c2C1=O)OCN(Cc1ccc2c(c1)OCO2)C3. The molecule has 3 heterocycles. The highest BCUT2D eigenvalue weighted by molar-refractivity contribution is 6.16. The highest BCUT2D eigenvalue weighted by Gasteiger charge is 2.35. The van der Waals surface area contributed by atoms with E-state index in [2.05, 4.69) is 4.90 Å². The van der Waals surface area contributed by atoms with E-state index in [0.29, 0.717) is 36.9 Å². The second kappa shape index (κ2) is 7.67. The molecular weight excluding hydrogens is 418 g/mol. The zero-order chi connectivity index (χ0) is 22.5. The van der Waals surface area contributed by atoms with E-state index in [1.165, 1.54) is 0 Å². The third-order valence-corrected chi connectivity index (χ3v) is 6.31. The van der Waals surface area contributed by atoms with E-state index in [1.54, 1.807) is 0 Å². The van der Waals surface area contributed by atoms with Gasteiger partial charge in [-0.1, -0.05) is 30.3 Å². The van der Waals surface area contributed by atoms with Gasteiger partial charge >= 0.3 is 0 Å². The molecule has 6 nitrogen and oxygen atoms in total. The average Bonchev–Trinajstić information content (AvgIpc) is 3.40. The van der Waals surface area contributed by atoms with Crippen molar-refractivity contribution in [1.29, 1.82) is 0 Å². The summed E-state index contributed by atoms with van der Waals surface area (Å²) in [6, 6.07) is 15.9. The van der Waals surface area contributed by atoms with Gasteiger partial charge in [-0.3, -0.25) is 9.69 Å². The quantitative estimate of drug-likeness (QED) is 0.533. The molecule has 33 heavy (non-hydrogen) atoms. The molecule has 0 spiro atoms. The number of hydrogen-bond donors (Lipinski definition) is 0. The number of ether oxygens (including phenoxy) is 4. The molecule has 0 amide bonds. The van der Waals surface area contributed by atoms with Crippen molar-refractivity contribution < 1.29 is 23.7 Å². The number of nitrogens with zero attached hydrogens (tertiary/aromatic N) is 1. The Morgan fingerprint density at radius 3 is 2.67 bits per heavy atom. The predicted molar refractivity (Wildman–Crippen MR) is 123 cm³/mol. The van der Waals surface area contributed by atoms with Crippen LogP contribution in [-0.2, 0) is 13.1 Å². The lowest BCUT2D eigenvalue weighted by Gasteiger charge is -2.30. The fourth-order valence-corrected chi connectivity index (χ4v) is 4.56. The Hall–Kier alpha value is -3.77. The molecule has 0 aromatic heterocycles. The molecule has 0 unspecified atom stereocenters. The minimum absolute atomic E-state index is 0.0820. The normalized spacial score (nSPS) is 17.5. The smallest absolute Gasteiger partial charge is 0.232 e. The third kappa shape index (κ3) is 3.43. The van der Waals surface area contributed by atoms with Crippen LogP contribution in [-0.4, -0.2) is 24.2 Å². The van der Waals surface area contributed by atoms with Gasteiger partial charge in [0.2, 0.25) is 12.6 Å². The zero-order valence-electron chi connectivity index (χ0n) is 18.5. The van der Waals surface area contributed by atoms with Gasteiger partial charge in [0.1, 0.15) is 18.2 Å². The highest BCUT2D eigenvalue weighted by Crippen LogP contribution is 2.44. The molecule has 0 bridgehead atoms. The minimum Gasteiger partial charge on any atom is -0.478 e. The molecule has 3 aromatic carbocycles. The zero-order valence-corrected chi connectivity index (χ0v) is 18.5. The van der Waals surface area contributed by atoms with E-state index in [9.17, 15) is 4.79 Å². The van der Waals surface area contributed by atoms with Crippen LogP contribution in [0.15, 0.2) is 54.3 Å². The van der Waals surface area contributed by atoms with Crippen molar-refractivity contribution in [3.8, 4) is 23.0 Å². The lowest BCUT2D eigenvalue weighted by atomic mass is 9.98. The number of aryl methyl sites for hydroxylation is 2. The minimum atomic E-state index is -0.0820. The van der Waals surface area contributed by atoms with Gasteiger partial charge in [-0.25, -0.2) is 0 Å². The number of fused-ring (bicyclic) bond motifs is 4. The van der Waals surface area contributed by atoms with Crippen LogP contribution in [0.4, 0.5) is 0 Å². The summed E-state index contributed by atoms with van der Waals surface area (Å²) < 4.78 is 23.2. The van der Waals surface area contributed by atoms with Gasteiger partial charge in [-0.05, 0) is 60.4 Å². The molecular formula is C27H23NO5. The number of Topliss-reactive ketones (excluding diaryl/α,β-unsaturated/α-hetero) is 1. The monoisotopic (exact) mass is 441 g/mol. The van der Waals surface area contributed by atoms with E-state index in [-0.39, 0.29) is 12.6 Å². The van der Waals surface area contributed by atoms with Gasteiger partial charge in [-0.2, -0.15) is 0 Å². The van der Waals surface area contributed by atoms with E-state index in [0.717, 1.165) is 45.1 Å². The van der Waals surface area contributed by atoms with Gasteiger partial charge < -0.3 is 18.9 Å². The van der Waals surface area contributed by atoms with Gasteiger partial charge in [0.15, 0.2) is 17.3 Å². The Bertz CT molecular complexity index is 1330. The Morgan fingerprint density at radius 2 is 1.79 bits per heavy atom. The van der Waals surface area contributed by atoms with Crippen LogP contribution >= 0.6 is 0 Å². The number of carbonyl (C=O) groups is 1. The largest absolute Gasteiger partial charge is 0.478 e. The van der Waals surface area contributed by atoms with E-state index >= 15 is 0 Å². The lowest BCUT2D eigenvalue weighted by Crippen LogP contribution is -2.31. The lowest BCUT2D eigenvalue weighted by molar-refractivity contribution is 0.0871. The van der Waals surface area contributed by atoms with Gasteiger partial charge in [0.25, 0.3) is 0 Å². The summed E-state index contributed by atoms with van der Waals surface area (Å²) in [6.45, 7) is 5.97. The van der Waals surface area contributed by atoms with Crippen molar-refractivity contribution in [3.63, 3.8) is 0 Å². The second-order valence-corrected chi connectivity index (χ2v) is 8.62. The second-order valence-electron chi connectivity index (χ2n) is 8.62. The van der Waals surface area contributed by atoms with Crippen molar-refractivity contribution in [2.75, 3.05) is 13.5 Å². The van der Waals surface area contributed by atoms with Crippen LogP contribution in [0.5, 0.6) is 23.0 Å². The first-order chi connectivity index (χ1) is 16.1. The van der Waals surface area contributed by atoms with Crippen LogP contribution in [0.25, 0.3) is 6.08 Å². The number of hydrogen-bond acceptors (Lipinski definition) is 6. The third-order valence-electron chi connectivity index (χ3n) is 6.31. The maximum absolute atomic E-state index is 13.2. The Kier molecular flexibility index (Phi) is 4.62. The van der Waals surface area contributed by atoms with Crippen molar-refractivity contribution in [3.05, 3.63) is 87.7 Å². The van der Waals surface area contributed by atoms with Gasteiger partial charge in [-0.15, -0.1) is 0 Å². The van der Waals surface area contributed by atoms with E-state index in [4.69, 9.17) is 18.9 Å². The topological polar surface area (TPSA) is 57.2 Å². The molecule has 6 rings (SSSR count). The molecule has 3 aromatic rings. The summed E-state index contributed by atoms with van der Waals surface area (Å²) in [5.41, 5.74) is 5.57. The molecule has 0 saturated heterocycles. The fourth-order valence-electron chi connectivity index (χ4n) is 4.56. The van der Waals surface area contributed by atoms with Crippen molar-refractivity contribution in [1.82, 2.24) is 4.90 Å². The van der Waals surface area contributed by atoms with E-state index in [1.807, 2.05) is 68.5 Å². The summed E-state index contributed by atoms with van der Waals surface area (Å²) in [5, 5.41) is 0. The van der Waals surface area contributed by atoms with Crippen LogP contribution in [0.3, 0.4) is 0 Å². The maximum atomic E-state index is 13.2. The Labute approximate surface area is 191 Å². The standard InChI is InChI=1S/C27H23NO5/c1-16-5-3-4-6-19(16)11-24-26(29)25-17(2)9-22-20(27(25)33-24)13-28(14-30-22)12-18-7-8-21-23(10-18)32-15-31-21/h3-11H,12-15H2,1-2H3/b24-11-. The predicted octanol–water partition coefficient (Wildman–Crippen LogP) is 5.00. The number of allylic oxidation sites excluding steroid dienone is 1. The summed E-state index contributed by atoms with van der Waals surface area (Å²) in [5.74, 6) is 3.20. The molecule has 0 fully saturated rings. The molecule has 166 valence electrons. The molecule has 0 saturated carbocycles. The average molecular weight is 441 g/mol. The maximum Gasteiger partial charge on any atom is 0.232 e. The summed E-state index contributed by atoms with van der Waals surface area (Å²) in [7, 11) is 0. The van der Waals surface area contributed by atoms with Crippen LogP contribution in [0, 0.1) is 13.8 Å². The van der Waals surface area contributed by atoms with Gasteiger partial charge in [0.05, 0.1) is 11.1 Å². The summed E-state index contributed by atoms with van der Waals surface area (Å²) in [6.07, 6.45) is 1.83. The molecule has 3 aliphatic heterocycles. The molecule has 6 heteroatoms. The van der Waals surface area contributed by atoms with E-state index < -0.39 is 0 Å². The molecule has 3 aliphatic rings. The van der Waals surface area contributed by atoms with Crippen molar-refractivity contribution in [2.45, 2.75) is 26.9 Å².